The summed E-state index contributed by atoms with van der Waals surface area (Å²) in [6, 6.07) is 0. The molecule has 0 aromatic carbocycles. The first kappa shape index (κ1) is 22.4. The van der Waals surface area contributed by atoms with Crippen LogP contribution in [-0.2, 0) is 11.4 Å². The van der Waals surface area contributed by atoms with Crippen LogP contribution in [0.2, 0.25) is 0 Å². The highest BCUT2D eigenvalue weighted by molar-refractivity contribution is 6.36. The molecule has 0 N–H and O–H groups in total. The van der Waals surface area contributed by atoms with Crippen LogP contribution in [0.1, 0.15) is 23.7 Å². The Balaban J connectivity index is -0.0000000300. The van der Waals surface area contributed by atoms with E-state index in [0.29, 0.717) is 0 Å². The lowest BCUT2D eigenvalue weighted by atomic mass is 11.8. The van der Waals surface area contributed by atoms with Crippen LogP contribution < -0.4 is 0 Å². The Bertz CT molecular complexity index is 39.3. The molecule has 0 amide bonds. The average molecular weight is 169 g/mol. The zero-order valence-corrected chi connectivity index (χ0v) is 5.96. The predicted molar refractivity (Wildman–Crippen MR) is 48.1 cm³/mol. The van der Waals surface area contributed by atoms with Gasteiger partial charge in [-0.1, -0.05) is 22.3 Å². The highest BCUT2D eigenvalue weighted by Gasteiger charge is 2.24. The van der Waals surface area contributed by atoms with E-state index < -0.39 is 15.1 Å². The first-order valence-electron chi connectivity index (χ1n) is 1.93. The van der Waals surface area contributed by atoms with Gasteiger partial charge in [-0.05, 0) is 0 Å². The maximum atomic E-state index is 4.74. The monoisotopic (exact) mass is 169 g/mol. The average Bonchev–Trinajstić information content (AvgIpc) is 1.72. The third kappa shape index (κ3) is 11.2. The third-order valence-corrected chi connectivity index (χ3v) is 1.73. The van der Waals surface area contributed by atoms with Crippen molar-refractivity contribution in [3.05, 3.63) is 0 Å². The molecule has 0 saturated heterocycles. The molecule has 0 radical (unpaired) electrons. The lowest BCUT2D eigenvalue weighted by Gasteiger charge is -1.99. The quantitative estimate of drug-likeness (QED) is 0.604. The van der Waals surface area contributed by atoms with E-state index >= 15 is 0 Å². The van der Waals surface area contributed by atoms with E-state index in [-0.39, 0.29) is 23.7 Å². The standard InChI is InChI=1S/3CH3O.3CH4.Al/c3*1-2;;;;/h3*1H3;3*1H4;/q3*-1;;;;+3/p+1. The molecule has 0 atom stereocenters. The summed E-state index contributed by atoms with van der Waals surface area (Å²) in [6.45, 7) is 0. The molecule has 0 aliphatic rings. The zero-order chi connectivity index (χ0) is 5.70. The lowest BCUT2D eigenvalue weighted by Crippen LogP contribution is -2.21. The zero-order valence-electron chi connectivity index (χ0n) is 5.80. The van der Waals surface area contributed by atoms with E-state index in [1.165, 1.54) is 0 Å². The second-order valence-corrected chi connectivity index (χ2v) is 2.99. The summed E-state index contributed by atoms with van der Waals surface area (Å²) in [4.78, 5) is 0. The molecule has 0 spiro atoms. The van der Waals surface area contributed by atoms with Crippen LogP contribution in [0.25, 0.3) is 0 Å². The molecule has 10 heavy (non-hydrogen) atoms. The Morgan fingerprint density at radius 3 is 1.00 bits per heavy atom. The van der Waals surface area contributed by atoms with Crippen molar-refractivity contribution in [3.8, 4) is 0 Å². The Kier molecular flexibility index (Phi) is 36.3. The van der Waals surface area contributed by atoms with Crippen molar-refractivity contribution in [3.63, 3.8) is 0 Å². The molecule has 0 aromatic heterocycles. The van der Waals surface area contributed by atoms with Gasteiger partial charge in [0.15, 0.2) is 0 Å². The molecule has 0 bridgehead atoms. The maximum absolute atomic E-state index is 4.74. The number of hydrogen-bond donors (Lipinski definition) is 0. The second kappa shape index (κ2) is 16.2. The highest BCUT2D eigenvalue weighted by atomic mass is 27.3. The largest absolute Gasteiger partial charge is 1.00 e. The molecule has 0 aromatic rings. The molecule has 66 valence electrons. The summed E-state index contributed by atoms with van der Waals surface area (Å²) in [5.74, 6) is 0. The fourth-order valence-electron chi connectivity index (χ4n) is 0.289. The molecule has 0 fully saturated rings. The van der Waals surface area contributed by atoms with Gasteiger partial charge >= 0.3 is 16.6 Å². The van der Waals surface area contributed by atoms with Gasteiger partial charge in [-0.25, -0.2) is 0 Å². The van der Waals surface area contributed by atoms with Crippen LogP contribution in [0.5, 0.6) is 0 Å². The molecular formula is C6H22AlO3+. The van der Waals surface area contributed by atoms with Crippen LogP contribution in [0.3, 0.4) is 0 Å². The van der Waals surface area contributed by atoms with Crippen molar-refractivity contribution in [1.29, 1.82) is 0 Å². The first-order valence-corrected chi connectivity index (χ1v) is 3.35. The minimum Gasteiger partial charge on any atom is -0.457 e. The summed E-state index contributed by atoms with van der Waals surface area (Å²) in [5, 5.41) is 0. The third-order valence-electron chi connectivity index (χ3n) is 0.577. The van der Waals surface area contributed by atoms with Gasteiger partial charge in [-0.3, -0.25) is 0 Å². The number of hydrogen-bond acceptors (Lipinski definition) is 3. The van der Waals surface area contributed by atoms with Crippen LogP contribution in [-0.4, -0.2) is 36.5 Å². The Hall–Kier alpha value is 0.412. The van der Waals surface area contributed by atoms with Gasteiger partial charge in [0, 0.05) is 21.3 Å². The summed E-state index contributed by atoms with van der Waals surface area (Å²) in [5.41, 5.74) is 0. The summed E-state index contributed by atoms with van der Waals surface area (Å²) >= 11 is -1.67. The molecule has 0 aliphatic heterocycles. The van der Waals surface area contributed by atoms with E-state index in [9.17, 15) is 0 Å². The van der Waals surface area contributed by atoms with Gasteiger partial charge in [0.05, 0.1) is 0 Å². The van der Waals surface area contributed by atoms with Crippen LogP contribution in [0.15, 0.2) is 0 Å². The SMILES string of the molecule is C.C.C.C[O][Al]([O]C)[O]C.[H+]. The van der Waals surface area contributed by atoms with Crippen molar-refractivity contribution in [2.24, 2.45) is 0 Å². The molecule has 0 saturated carbocycles. The second-order valence-electron chi connectivity index (χ2n) is 0.996. The molecule has 0 unspecified atom stereocenters. The minimum atomic E-state index is -1.67. The predicted octanol–water partition coefficient (Wildman–Crippen LogP) is 1.93. The van der Waals surface area contributed by atoms with E-state index in [1.807, 2.05) is 0 Å². The van der Waals surface area contributed by atoms with E-state index in [2.05, 4.69) is 0 Å². The molecule has 0 heterocycles. The smallest absolute Gasteiger partial charge is 0.457 e. The molecule has 0 rings (SSSR count). The molecule has 4 heteroatoms. The first-order chi connectivity index (χ1) is 3.35. The lowest BCUT2D eigenvalue weighted by molar-refractivity contribution is 0.163. The summed E-state index contributed by atoms with van der Waals surface area (Å²) < 4.78 is 14.2. The van der Waals surface area contributed by atoms with Gasteiger partial charge in [0.1, 0.15) is 0 Å². The summed E-state index contributed by atoms with van der Waals surface area (Å²) in [6.07, 6.45) is 0. The van der Waals surface area contributed by atoms with E-state index in [4.69, 9.17) is 11.4 Å². The Labute approximate surface area is 72.2 Å². The normalized spacial score (nSPS) is 6.30. The molecular weight excluding hydrogens is 147 g/mol. The van der Waals surface area contributed by atoms with Crippen LogP contribution in [0.4, 0.5) is 0 Å². The van der Waals surface area contributed by atoms with Gasteiger partial charge in [0.2, 0.25) is 0 Å². The van der Waals surface area contributed by atoms with Crippen molar-refractivity contribution in [2.75, 3.05) is 21.3 Å². The van der Waals surface area contributed by atoms with Gasteiger partial charge in [-0.2, -0.15) is 0 Å². The highest BCUT2D eigenvalue weighted by Crippen LogP contribution is 1.81. The van der Waals surface area contributed by atoms with Crippen molar-refractivity contribution in [1.82, 2.24) is 0 Å². The summed E-state index contributed by atoms with van der Waals surface area (Å²) in [7, 11) is 4.72. The van der Waals surface area contributed by atoms with Gasteiger partial charge in [0.25, 0.3) is 0 Å². The fourth-order valence-corrected chi connectivity index (χ4v) is 0.866. The van der Waals surface area contributed by atoms with Gasteiger partial charge < -0.3 is 11.4 Å². The van der Waals surface area contributed by atoms with Crippen molar-refractivity contribution in [2.45, 2.75) is 22.3 Å². The van der Waals surface area contributed by atoms with Gasteiger partial charge in [-0.15, -0.1) is 0 Å². The Morgan fingerprint density at radius 1 is 0.800 bits per heavy atom. The Morgan fingerprint density at radius 2 is 1.00 bits per heavy atom. The van der Waals surface area contributed by atoms with Crippen LogP contribution in [0, 0.1) is 0 Å². The maximum Gasteiger partial charge on any atom is 1.00 e. The molecule has 3 nitrogen and oxygen atoms in total. The molecule has 0 aliphatic carbocycles. The van der Waals surface area contributed by atoms with E-state index in [0.717, 1.165) is 0 Å². The number of rotatable bonds is 3. The fraction of sp³-hybridized carbons (Fsp3) is 1.00. The topological polar surface area (TPSA) is 27.7 Å². The van der Waals surface area contributed by atoms with E-state index in [1.54, 1.807) is 21.3 Å². The minimum absolute atomic E-state index is 0. The van der Waals surface area contributed by atoms with Crippen molar-refractivity contribution >= 4 is 15.1 Å². The van der Waals surface area contributed by atoms with Crippen LogP contribution >= 0.6 is 0 Å². The van der Waals surface area contributed by atoms with Crippen molar-refractivity contribution < 1.29 is 12.8 Å².